The molecular formula is C32H34N2O3. The molecule has 2 aliphatic carbocycles. The molecule has 37 heavy (non-hydrogen) atoms. The number of hydrogen-bond donors (Lipinski definition) is 0. The van der Waals surface area contributed by atoms with E-state index < -0.39 is 0 Å². The average Bonchev–Trinajstić information content (AvgIpc) is 3.19. The number of ether oxygens (including phenoxy) is 1. The Kier molecular flexibility index (Phi) is 5.70. The third kappa shape index (κ3) is 5.04. The van der Waals surface area contributed by atoms with E-state index in [9.17, 15) is 4.79 Å². The summed E-state index contributed by atoms with van der Waals surface area (Å²) in [5.41, 5.74) is 7.93. The van der Waals surface area contributed by atoms with E-state index in [0.29, 0.717) is 17.5 Å². The molecule has 0 amide bonds. The lowest BCUT2D eigenvalue weighted by molar-refractivity contribution is -0.117. The highest BCUT2D eigenvalue weighted by molar-refractivity contribution is 6.05. The highest BCUT2D eigenvalue weighted by Gasteiger charge is 2.38. The Morgan fingerprint density at radius 3 is 2.57 bits per heavy atom. The van der Waals surface area contributed by atoms with Gasteiger partial charge in [-0.2, -0.15) is 0 Å². The number of carbonyl (C=O) groups is 1. The van der Waals surface area contributed by atoms with Gasteiger partial charge in [0.05, 0.1) is 24.4 Å². The van der Waals surface area contributed by atoms with Crippen molar-refractivity contribution in [2.24, 2.45) is 10.4 Å². The van der Waals surface area contributed by atoms with E-state index in [0.717, 1.165) is 41.4 Å². The second kappa shape index (κ2) is 8.83. The predicted molar refractivity (Wildman–Crippen MR) is 145 cm³/mol. The number of benzene rings is 2. The summed E-state index contributed by atoms with van der Waals surface area (Å²) in [6.07, 6.45) is 6.34. The fourth-order valence-corrected chi connectivity index (χ4v) is 5.07. The molecule has 1 saturated carbocycles. The van der Waals surface area contributed by atoms with E-state index in [-0.39, 0.29) is 23.5 Å². The van der Waals surface area contributed by atoms with E-state index >= 15 is 0 Å². The van der Waals surface area contributed by atoms with Crippen molar-refractivity contribution in [3.63, 3.8) is 0 Å². The van der Waals surface area contributed by atoms with Crippen LogP contribution in [0.4, 0.5) is 0 Å². The molecule has 5 heteroatoms. The molecule has 1 fully saturated rings. The molecule has 5 nitrogen and oxygen atoms in total. The number of fused-ring (bicyclic) bond motifs is 3. The van der Waals surface area contributed by atoms with E-state index in [1.165, 1.54) is 29.7 Å². The van der Waals surface area contributed by atoms with Crippen LogP contribution in [0.3, 0.4) is 0 Å². The lowest BCUT2D eigenvalue weighted by Gasteiger charge is -2.12. The van der Waals surface area contributed by atoms with Crippen molar-refractivity contribution in [3.05, 3.63) is 88.3 Å². The van der Waals surface area contributed by atoms with Gasteiger partial charge in [-0.3, -0.25) is 9.79 Å². The summed E-state index contributed by atoms with van der Waals surface area (Å²) < 4.78 is 11.5. The smallest absolute Gasteiger partial charge is 0.143 e. The summed E-state index contributed by atoms with van der Waals surface area (Å²) in [6.45, 7) is 9.30. The minimum Gasteiger partial charge on any atom is -0.493 e. The van der Waals surface area contributed by atoms with Gasteiger partial charge in [0.2, 0.25) is 0 Å². The zero-order valence-electron chi connectivity index (χ0n) is 22.1. The molecule has 0 bridgehead atoms. The first-order chi connectivity index (χ1) is 17.6. The van der Waals surface area contributed by atoms with Crippen LogP contribution in [0.5, 0.6) is 5.75 Å². The number of aromatic nitrogens is 1. The van der Waals surface area contributed by atoms with Gasteiger partial charge in [-0.05, 0) is 53.3 Å². The summed E-state index contributed by atoms with van der Waals surface area (Å²) in [5, 5.41) is 4.08. The summed E-state index contributed by atoms with van der Waals surface area (Å²) in [7, 11) is 0. The van der Waals surface area contributed by atoms with E-state index in [1.54, 1.807) is 0 Å². The van der Waals surface area contributed by atoms with Crippen molar-refractivity contribution < 1.29 is 14.1 Å². The lowest BCUT2D eigenvalue weighted by Crippen LogP contribution is -2.09. The van der Waals surface area contributed by atoms with Crippen molar-refractivity contribution in [1.29, 1.82) is 0 Å². The van der Waals surface area contributed by atoms with Gasteiger partial charge in [-0.15, -0.1) is 0 Å². The Morgan fingerprint density at radius 1 is 1.08 bits per heavy atom. The van der Waals surface area contributed by atoms with Gasteiger partial charge in [0.15, 0.2) is 0 Å². The molecule has 1 atom stereocenters. The van der Waals surface area contributed by atoms with Crippen LogP contribution in [0.25, 0.3) is 5.70 Å². The molecule has 1 unspecified atom stereocenters. The van der Waals surface area contributed by atoms with Gasteiger partial charge in [0, 0.05) is 41.4 Å². The molecule has 0 saturated heterocycles. The Hall–Kier alpha value is -3.47. The first-order valence-electron chi connectivity index (χ1n) is 13.3. The van der Waals surface area contributed by atoms with Crippen molar-refractivity contribution in [2.75, 3.05) is 6.61 Å². The number of ketones is 1. The van der Waals surface area contributed by atoms with E-state index in [1.807, 2.05) is 18.2 Å². The molecule has 2 aromatic carbocycles. The number of allylic oxidation sites excluding steroid dienone is 1. The molecule has 0 radical (unpaired) electrons. The monoisotopic (exact) mass is 494 g/mol. The second-order valence-corrected chi connectivity index (χ2v) is 12.3. The van der Waals surface area contributed by atoms with E-state index in [2.05, 4.69) is 69.3 Å². The number of rotatable bonds is 8. The maximum atomic E-state index is 12.6. The van der Waals surface area contributed by atoms with Crippen LogP contribution in [0.15, 0.2) is 64.1 Å². The highest BCUT2D eigenvalue weighted by Crippen LogP contribution is 2.46. The van der Waals surface area contributed by atoms with Crippen LogP contribution in [0.1, 0.15) is 80.2 Å². The van der Waals surface area contributed by atoms with Gasteiger partial charge in [-0.25, -0.2) is 0 Å². The van der Waals surface area contributed by atoms with Crippen molar-refractivity contribution >= 4 is 17.2 Å². The van der Waals surface area contributed by atoms with Crippen molar-refractivity contribution in [1.82, 2.24) is 5.16 Å². The Morgan fingerprint density at radius 2 is 1.86 bits per heavy atom. The lowest BCUT2D eigenvalue weighted by atomic mass is 9.93. The van der Waals surface area contributed by atoms with Crippen molar-refractivity contribution in [2.45, 2.75) is 71.1 Å². The Labute approximate surface area is 218 Å². The SMILES string of the molecule is CC1(COc2ccc3c(c2)CC2=NC(c4ccc(CC(=O)Cc5cc(C(C)(C)C)on5)cc4)=CC23)CC1. The molecule has 2 heterocycles. The molecule has 3 aliphatic rings. The standard InChI is InChI=1S/C32H34N2O3/c1-31(2,3)30-17-23(34-37-30)16-24(35)13-20-5-7-21(8-6-20)28-18-27-26-10-9-25(36-19-32(4)11-12-32)14-22(26)15-29(27)33-28/h5-10,14,17-18,27H,11-13,15-16,19H2,1-4H3. The zero-order valence-corrected chi connectivity index (χ0v) is 22.1. The normalized spacial score (nSPS) is 19.2. The maximum Gasteiger partial charge on any atom is 0.143 e. The number of carbonyl (C=O) groups excluding carboxylic acids is 1. The number of Topliss-reactive ketones (excluding diaryl/α,β-unsaturated/α-hetero) is 1. The number of hydrogen-bond acceptors (Lipinski definition) is 5. The topological polar surface area (TPSA) is 64.7 Å². The Balaban J connectivity index is 1.08. The zero-order chi connectivity index (χ0) is 25.8. The molecule has 1 aliphatic heterocycles. The van der Waals surface area contributed by atoms with Crippen LogP contribution in [0.2, 0.25) is 0 Å². The molecule has 0 spiro atoms. The predicted octanol–water partition coefficient (Wildman–Crippen LogP) is 6.64. The summed E-state index contributed by atoms with van der Waals surface area (Å²) >= 11 is 0. The van der Waals surface area contributed by atoms with Gasteiger partial charge in [0.1, 0.15) is 17.3 Å². The van der Waals surface area contributed by atoms with Gasteiger partial charge in [-0.1, -0.05) is 63.2 Å². The minimum absolute atomic E-state index is 0.117. The number of aliphatic imine (C=N–C) groups is 1. The Bertz CT molecular complexity index is 1410. The van der Waals surface area contributed by atoms with Gasteiger partial charge < -0.3 is 9.26 Å². The first kappa shape index (κ1) is 23.9. The second-order valence-electron chi connectivity index (χ2n) is 12.3. The molecule has 1 aromatic heterocycles. The molecule has 3 aromatic rings. The largest absolute Gasteiger partial charge is 0.493 e. The van der Waals surface area contributed by atoms with Crippen molar-refractivity contribution in [3.8, 4) is 5.75 Å². The average molecular weight is 495 g/mol. The molecule has 0 N–H and O–H groups in total. The summed E-state index contributed by atoms with van der Waals surface area (Å²) in [6, 6.07) is 16.6. The van der Waals surface area contributed by atoms with Crippen LogP contribution < -0.4 is 4.74 Å². The van der Waals surface area contributed by atoms with Crippen LogP contribution in [-0.4, -0.2) is 23.3 Å². The number of nitrogens with zero attached hydrogens (tertiary/aromatic N) is 2. The quantitative estimate of drug-likeness (QED) is 0.352. The maximum absolute atomic E-state index is 12.6. The highest BCUT2D eigenvalue weighted by atomic mass is 16.5. The molecule has 6 rings (SSSR count). The summed E-state index contributed by atoms with van der Waals surface area (Å²) in [5.74, 6) is 2.15. The van der Waals surface area contributed by atoms with Crippen LogP contribution in [0, 0.1) is 5.41 Å². The van der Waals surface area contributed by atoms with E-state index in [4.69, 9.17) is 14.3 Å². The van der Waals surface area contributed by atoms with Gasteiger partial charge in [0.25, 0.3) is 0 Å². The fourth-order valence-electron chi connectivity index (χ4n) is 5.07. The van der Waals surface area contributed by atoms with Gasteiger partial charge >= 0.3 is 0 Å². The summed E-state index contributed by atoms with van der Waals surface area (Å²) in [4.78, 5) is 17.6. The molecule has 190 valence electrons. The first-order valence-corrected chi connectivity index (χ1v) is 13.3. The van der Waals surface area contributed by atoms with Crippen LogP contribution in [-0.2, 0) is 29.5 Å². The fraction of sp³-hybridized carbons (Fsp3) is 0.406. The third-order valence-corrected chi connectivity index (χ3v) is 7.79. The minimum atomic E-state index is -0.117. The molecular weight excluding hydrogens is 460 g/mol. The third-order valence-electron chi connectivity index (χ3n) is 7.79. The van der Waals surface area contributed by atoms with Crippen LogP contribution >= 0.6 is 0 Å².